The van der Waals surface area contributed by atoms with Crippen LogP contribution in [0.1, 0.15) is 0 Å². The Labute approximate surface area is 159 Å². The quantitative estimate of drug-likeness (QED) is 0.487. The molecule has 0 aliphatic rings. The monoisotopic (exact) mass is 364 g/mol. The van der Waals surface area contributed by atoms with Crippen molar-refractivity contribution < 1.29 is 0 Å². The van der Waals surface area contributed by atoms with Gasteiger partial charge in [-0.2, -0.15) is 0 Å². The maximum Gasteiger partial charge on any atom is 0.0361 e. The zero-order valence-electron chi connectivity index (χ0n) is 15.0. The lowest BCUT2D eigenvalue weighted by atomic mass is 10.00. The molecule has 0 fully saturated rings. The zero-order chi connectivity index (χ0) is 17.8. The predicted octanol–water partition coefficient (Wildman–Crippen LogP) is 6.33. The van der Waals surface area contributed by atoms with Gasteiger partial charge in [-0.3, -0.25) is 0 Å². The molecule has 0 amide bonds. The Morgan fingerprint density at radius 1 is 0.760 bits per heavy atom. The van der Waals surface area contributed by atoms with Crippen LogP contribution < -0.4 is 4.90 Å². The number of rotatable bonds is 5. The van der Waals surface area contributed by atoms with Crippen molar-refractivity contribution in [2.45, 2.75) is 9.79 Å². The molecule has 1 radical (unpaired) electrons. The summed E-state index contributed by atoms with van der Waals surface area (Å²) in [5.74, 6) is 0. The minimum atomic E-state index is 1.22. The van der Waals surface area contributed by atoms with Crippen LogP contribution in [0.2, 0.25) is 0 Å². The number of anilines is 1. The molecule has 0 aliphatic carbocycles. The fourth-order valence-electron chi connectivity index (χ4n) is 2.85. The summed E-state index contributed by atoms with van der Waals surface area (Å²) in [4.78, 5) is 4.69. The van der Waals surface area contributed by atoms with E-state index in [2.05, 4.69) is 92.2 Å². The van der Waals surface area contributed by atoms with Crippen molar-refractivity contribution in [3.63, 3.8) is 0 Å². The number of hydrogen-bond donors (Lipinski definition) is 0. The summed E-state index contributed by atoms with van der Waals surface area (Å²) < 4.78 is 0. The van der Waals surface area contributed by atoms with Crippen LogP contribution in [0.4, 0.5) is 5.69 Å². The first-order valence-electron chi connectivity index (χ1n) is 8.14. The molecule has 0 spiro atoms. The molecule has 3 rings (SSSR count). The summed E-state index contributed by atoms with van der Waals surface area (Å²) in [6.45, 7) is 0. The van der Waals surface area contributed by atoms with Crippen molar-refractivity contribution >= 4 is 29.2 Å². The van der Waals surface area contributed by atoms with Gasteiger partial charge in [0.05, 0.1) is 0 Å². The molecular weight excluding hydrogens is 342 g/mol. The standard InChI is InChI=1S/C22H22NS2/c1-23(2)18-12-9-16(10-13-18)17-11-14-20(22(15-17)25-4)19-7-5-6-8-21(19)24-3/h5,7-15H,1-4H3. The van der Waals surface area contributed by atoms with E-state index in [4.69, 9.17) is 0 Å². The van der Waals surface area contributed by atoms with Crippen LogP contribution in [0.5, 0.6) is 0 Å². The molecule has 0 saturated carbocycles. The lowest BCUT2D eigenvalue weighted by Crippen LogP contribution is -2.07. The molecule has 0 atom stereocenters. The maximum atomic E-state index is 3.18. The molecule has 127 valence electrons. The third kappa shape index (κ3) is 3.88. The third-order valence-electron chi connectivity index (χ3n) is 4.25. The van der Waals surface area contributed by atoms with Crippen LogP contribution in [-0.2, 0) is 0 Å². The van der Waals surface area contributed by atoms with Gasteiger partial charge in [0, 0.05) is 29.6 Å². The van der Waals surface area contributed by atoms with E-state index >= 15 is 0 Å². The van der Waals surface area contributed by atoms with Crippen LogP contribution in [0.15, 0.2) is 70.5 Å². The minimum Gasteiger partial charge on any atom is -0.378 e. The van der Waals surface area contributed by atoms with E-state index in [1.54, 1.807) is 23.5 Å². The molecule has 0 aromatic heterocycles. The van der Waals surface area contributed by atoms with Crippen LogP contribution in [0.3, 0.4) is 0 Å². The Hall–Kier alpha value is -1.84. The Balaban J connectivity index is 2.02. The topological polar surface area (TPSA) is 3.24 Å². The Bertz CT molecular complexity index is 854. The van der Waals surface area contributed by atoms with Gasteiger partial charge < -0.3 is 4.90 Å². The van der Waals surface area contributed by atoms with E-state index in [1.807, 2.05) is 6.07 Å². The molecule has 3 aromatic carbocycles. The molecule has 3 heteroatoms. The summed E-state index contributed by atoms with van der Waals surface area (Å²) in [7, 11) is 4.13. The molecule has 0 aliphatic heterocycles. The van der Waals surface area contributed by atoms with Crippen molar-refractivity contribution in [1.82, 2.24) is 0 Å². The van der Waals surface area contributed by atoms with Gasteiger partial charge in [-0.1, -0.05) is 36.4 Å². The van der Waals surface area contributed by atoms with Crippen LogP contribution in [0, 0.1) is 6.07 Å². The van der Waals surface area contributed by atoms with Gasteiger partial charge in [0.25, 0.3) is 0 Å². The highest BCUT2D eigenvalue weighted by Crippen LogP contribution is 2.38. The first kappa shape index (κ1) is 18.0. The Morgan fingerprint density at radius 3 is 2.04 bits per heavy atom. The van der Waals surface area contributed by atoms with Crippen molar-refractivity contribution in [2.24, 2.45) is 0 Å². The van der Waals surface area contributed by atoms with Crippen molar-refractivity contribution in [2.75, 3.05) is 31.5 Å². The summed E-state index contributed by atoms with van der Waals surface area (Å²) in [5.41, 5.74) is 6.30. The normalized spacial score (nSPS) is 10.7. The van der Waals surface area contributed by atoms with Gasteiger partial charge in [-0.25, -0.2) is 0 Å². The highest BCUT2D eigenvalue weighted by Gasteiger charge is 2.10. The van der Waals surface area contributed by atoms with E-state index < -0.39 is 0 Å². The molecule has 1 nitrogen and oxygen atoms in total. The van der Waals surface area contributed by atoms with Gasteiger partial charge in [0.15, 0.2) is 0 Å². The summed E-state index contributed by atoms with van der Waals surface area (Å²) in [5, 5.41) is 0. The average molecular weight is 365 g/mol. The third-order valence-corrected chi connectivity index (χ3v) is 5.81. The van der Waals surface area contributed by atoms with Gasteiger partial charge in [-0.05, 0) is 65.1 Å². The molecular formula is C22H22NS2. The Kier molecular flexibility index (Phi) is 5.77. The van der Waals surface area contributed by atoms with Crippen LogP contribution in [-0.4, -0.2) is 26.6 Å². The van der Waals surface area contributed by atoms with Gasteiger partial charge in [-0.15, -0.1) is 23.5 Å². The first-order valence-corrected chi connectivity index (χ1v) is 10.6. The van der Waals surface area contributed by atoms with E-state index in [9.17, 15) is 0 Å². The molecule has 0 N–H and O–H groups in total. The van der Waals surface area contributed by atoms with Crippen molar-refractivity contribution in [1.29, 1.82) is 0 Å². The SMILES string of the molecule is CSc1c[c]ccc1-c1ccc(-c2ccc(N(C)C)cc2)cc1SC. The van der Waals surface area contributed by atoms with E-state index in [0.29, 0.717) is 0 Å². The van der Waals surface area contributed by atoms with Crippen LogP contribution >= 0.6 is 23.5 Å². The maximum absolute atomic E-state index is 3.18. The van der Waals surface area contributed by atoms with Gasteiger partial charge >= 0.3 is 0 Å². The smallest absolute Gasteiger partial charge is 0.0361 e. The lowest BCUT2D eigenvalue weighted by molar-refractivity contribution is 1.13. The second-order valence-corrected chi connectivity index (χ2v) is 7.68. The summed E-state index contributed by atoms with van der Waals surface area (Å²) in [6.07, 6.45) is 4.26. The largest absolute Gasteiger partial charge is 0.378 e. The summed E-state index contributed by atoms with van der Waals surface area (Å²) in [6, 6.07) is 24.9. The Morgan fingerprint density at radius 2 is 1.40 bits per heavy atom. The predicted molar refractivity (Wildman–Crippen MR) is 114 cm³/mol. The molecule has 0 saturated heterocycles. The summed E-state index contributed by atoms with van der Waals surface area (Å²) >= 11 is 3.57. The van der Waals surface area contributed by atoms with E-state index in [1.165, 1.54) is 37.7 Å². The minimum absolute atomic E-state index is 1.22. The van der Waals surface area contributed by atoms with E-state index in [0.717, 1.165) is 0 Å². The second kappa shape index (κ2) is 8.03. The van der Waals surface area contributed by atoms with Crippen molar-refractivity contribution in [3.8, 4) is 22.3 Å². The molecule has 0 unspecified atom stereocenters. The van der Waals surface area contributed by atoms with Crippen molar-refractivity contribution in [3.05, 3.63) is 66.7 Å². The number of benzene rings is 3. The number of thioether (sulfide) groups is 2. The highest BCUT2D eigenvalue weighted by atomic mass is 32.2. The van der Waals surface area contributed by atoms with Crippen LogP contribution in [0.25, 0.3) is 22.3 Å². The fraction of sp³-hybridized carbons (Fsp3) is 0.182. The average Bonchev–Trinajstić information content (AvgIpc) is 2.67. The lowest BCUT2D eigenvalue weighted by Gasteiger charge is -2.15. The molecule has 25 heavy (non-hydrogen) atoms. The molecule has 0 bridgehead atoms. The fourth-order valence-corrected chi connectivity index (χ4v) is 4.08. The first-order chi connectivity index (χ1) is 12.1. The number of nitrogens with zero attached hydrogens (tertiary/aromatic N) is 1. The van der Waals surface area contributed by atoms with Gasteiger partial charge in [0.1, 0.15) is 0 Å². The molecule has 3 aromatic rings. The zero-order valence-corrected chi connectivity index (χ0v) is 16.7. The van der Waals surface area contributed by atoms with Gasteiger partial charge in [0.2, 0.25) is 0 Å². The molecule has 0 heterocycles. The highest BCUT2D eigenvalue weighted by molar-refractivity contribution is 7.99. The second-order valence-electron chi connectivity index (χ2n) is 5.98. The van der Waals surface area contributed by atoms with E-state index in [-0.39, 0.29) is 0 Å². The number of hydrogen-bond acceptors (Lipinski definition) is 3.